The molecular formula is C28H43NO8. The van der Waals surface area contributed by atoms with Crippen LogP contribution in [0, 0.1) is 16.7 Å². The lowest BCUT2D eigenvalue weighted by molar-refractivity contribution is -0.152. The molecule has 0 saturated carbocycles. The van der Waals surface area contributed by atoms with E-state index in [9.17, 15) is 19.2 Å². The molecule has 0 radical (unpaired) electrons. The molecule has 1 rings (SSSR count). The molecule has 9 nitrogen and oxygen atoms in total. The van der Waals surface area contributed by atoms with Crippen molar-refractivity contribution in [1.82, 2.24) is 0 Å². The third-order valence-corrected chi connectivity index (χ3v) is 6.66. The fourth-order valence-electron chi connectivity index (χ4n) is 2.92. The fourth-order valence-corrected chi connectivity index (χ4v) is 2.92. The first-order valence-electron chi connectivity index (χ1n) is 12.6. The monoisotopic (exact) mass is 521 g/mol. The third-order valence-electron chi connectivity index (χ3n) is 6.66. The third kappa shape index (κ3) is 8.84. The maximum atomic E-state index is 12.9. The van der Waals surface area contributed by atoms with E-state index in [4.69, 9.17) is 24.7 Å². The SMILES string of the molecule is CCC(C)(C)C(=O)Oc1ccc(CC(N)(CCOC(=O)C(C)C)C(=O)OC)cc1OC(=O)C(C)(C)CC. The summed E-state index contributed by atoms with van der Waals surface area (Å²) < 4.78 is 21.4. The normalized spacial score (nSPS) is 13.5. The molecule has 0 aliphatic heterocycles. The van der Waals surface area contributed by atoms with Gasteiger partial charge in [-0.15, -0.1) is 0 Å². The average molecular weight is 522 g/mol. The first kappa shape index (κ1) is 32.1. The molecule has 0 aliphatic carbocycles. The molecule has 0 aromatic heterocycles. The quantitative estimate of drug-likeness (QED) is 0.297. The minimum absolute atomic E-state index is 0.00466. The second kappa shape index (κ2) is 13.0. The molecule has 208 valence electrons. The van der Waals surface area contributed by atoms with E-state index in [1.807, 2.05) is 13.8 Å². The highest BCUT2D eigenvalue weighted by molar-refractivity contribution is 5.82. The molecule has 0 heterocycles. The predicted octanol–water partition coefficient (Wildman–Crippen LogP) is 4.37. The molecule has 1 aromatic rings. The fraction of sp³-hybridized carbons (Fsp3) is 0.643. The summed E-state index contributed by atoms with van der Waals surface area (Å²) in [5.74, 6) is -2.23. The molecule has 0 saturated heterocycles. The molecule has 0 bridgehead atoms. The molecule has 0 fully saturated rings. The van der Waals surface area contributed by atoms with Crippen molar-refractivity contribution in [3.8, 4) is 11.5 Å². The van der Waals surface area contributed by atoms with E-state index in [1.165, 1.54) is 19.2 Å². The van der Waals surface area contributed by atoms with Crippen LogP contribution in [0.2, 0.25) is 0 Å². The van der Waals surface area contributed by atoms with Gasteiger partial charge in [-0.3, -0.25) is 19.2 Å². The van der Waals surface area contributed by atoms with Crippen molar-refractivity contribution in [3.63, 3.8) is 0 Å². The predicted molar refractivity (Wildman–Crippen MR) is 139 cm³/mol. The van der Waals surface area contributed by atoms with Crippen molar-refractivity contribution in [2.75, 3.05) is 13.7 Å². The molecule has 0 amide bonds. The highest BCUT2D eigenvalue weighted by Gasteiger charge is 2.37. The van der Waals surface area contributed by atoms with Crippen molar-refractivity contribution >= 4 is 23.9 Å². The molecule has 1 unspecified atom stereocenters. The molecule has 1 atom stereocenters. The van der Waals surface area contributed by atoms with E-state index in [1.54, 1.807) is 47.6 Å². The van der Waals surface area contributed by atoms with Gasteiger partial charge in [-0.1, -0.05) is 33.8 Å². The Balaban J connectivity index is 3.35. The van der Waals surface area contributed by atoms with Gasteiger partial charge in [-0.25, -0.2) is 0 Å². The van der Waals surface area contributed by atoms with Crippen LogP contribution in [0.25, 0.3) is 0 Å². The van der Waals surface area contributed by atoms with E-state index in [2.05, 4.69) is 0 Å². The van der Waals surface area contributed by atoms with Gasteiger partial charge in [0, 0.05) is 12.8 Å². The van der Waals surface area contributed by atoms with Gasteiger partial charge in [-0.2, -0.15) is 0 Å². The summed E-state index contributed by atoms with van der Waals surface area (Å²) in [6.07, 6.45) is 1.10. The maximum Gasteiger partial charge on any atom is 0.326 e. The number of nitrogens with two attached hydrogens (primary N) is 1. The zero-order chi connectivity index (χ0) is 28.6. The van der Waals surface area contributed by atoms with E-state index < -0.39 is 40.2 Å². The van der Waals surface area contributed by atoms with E-state index in [-0.39, 0.29) is 36.9 Å². The first-order chi connectivity index (χ1) is 17.0. The second-order valence-electron chi connectivity index (χ2n) is 10.9. The molecule has 2 N–H and O–H groups in total. The second-order valence-corrected chi connectivity index (χ2v) is 10.9. The van der Waals surface area contributed by atoms with Crippen LogP contribution >= 0.6 is 0 Å². The minimum Gasteiger partial charge on any atom is -0.468 e. The summed E-state index contributed by atoms with van der Waals surface area (Å²) in [5.41, 5.74) is 3.93. The summed E-state index contributed by atoms with van der Waals surface area (Å²) in [4.78, 5) is 50.0. The number of rotatable bonds is 13. The van der Waals surface area contributed by atoms with Crippen LogP contribution in [-0.2, 0) is 35.1 Å². The van der Waals surface area contributed by atoms with Crippen LogP contribution in [0.5, 0.6) is 11.5 Å². The van der Waals surface area contributed by atoms with Gasteiger partial charge >= 0.3 is 23.9 Å². The molecule has 0 spiro atoms. The Bertz CT molecular complexity index is 982. The molecular weight excluding hydrogens is 478 g/mol. The van der Waals surface area contributed by atoms with Crippen molar-refractivity contribution < 1.29 is 38.1 Å². The van der Waals surface area contributed by atoms with Gasteiger partial charge in [0.15, 0.2) is 11.5 Å². The summed E-state index contributed by atoms with van der Waals surface area (Å²) >= 11 is 0. The van der Waals surface area contributed by atoms with Crippen LogP contribution < -0.4 is 15.2 Å². The van der Waals surface area contributed by atoms with Crippen LogP contribution in [0.4, 0.5) is 0 Å². The van der Waals surface area contributed by atoms with Crippen molar-refractivity contribution in [1.29, 1.82) is 0 Å². The van der Waals surface area contributed by atoms with E-state index in [0.717, 1.165) is 0 Å². The largest absolute Gasteiger partial charge is 0.468 e. The van der Waals surface area contributed by atoms with Gasteiger partial charge in [0.1, 0.15) is 5.54 Å². The lowest BCUT2D eigenvalue weighted by Gasteiger charge is -2.27. The average Bonchev–Trinajstić information content (AvgIpc) is 2.84. The highest BCUT2D eigenvalue weighted by atomic mass is 16.6. The minimum atomic E-state index is -1.52. The van der Waals surface area contributed by atoms with Gasteiger partial charge in [0.2, 0.25) is 0 Å². The number of benzene rings is 1. The summed E-state index contributed by atoms with van der Waals surface area (Å²) in [7, 11) is 1.22. The number of carbonyl (C=O) groups is 4. The van der Waals surface area contributed by atoms with Crippen LogP contribution in [0.1, 0.15) is 80.2 Å². The van der Waals surface area contributed by atoms with Crippen LogP contribution in [-0.4, -0.2) is 43.1 Å². The number of esters is 4. The van der Waals surface area contributed by atoms with Crippen LogP contribution in [0.3, 0.4) is 0 Å². The topological polar surface area (TPSA) is 131 Å². The zero-order valence-corrected chi connectivity index (χ0v) is 23.7. The number of hydrogen-bond donors (Lipinski definition) is 1. The van der Waals surface area contributed by atoms with Gasteiger partial charge in [-0.05, 0) is 58.2 Å². The lowest BCUT2D eigenvalue weighted by Crippen LogP contribution is -2.51. The smallest absolute Gasteiger partial charge is 0.326 e. The van der Waals surface area contributed by atoms with Gasteiger partial charge in [0.25, 0.3) is 0 Å². The Morgan fingerprint density at radius 2 is 1.38 bits per heavy atom. The highest BCUT2D eigenvalue weighted by Crippen LogP contribution is 2.35. The Morgan fingerprint density at radius 3 is 1.84 bits per heavy atom. The Morgan fingerprint density at radius 1 is 0.865 bits per heavy atom. The standard InChI is InChI=1S/C28H43NO8/c1-10-26(5,6)23(31)36-20-13-12-19(16-21(20)37-24(32)27(7,8)11-2)17-28(29,25(33)34-9)14-15-35-22(30)18(3)4/h12-13,16,18H,10-11,14-15,17,29H2,1-9H3. The summed E-state index contributed by atoms with van der Waals surface area (Å²) in [5, 5.41) is 0. The van der Waals surface area contributed by atoms with Crippen molar-refractivity contribution in [3.05, 3.63) is 23.8 Å². The Kier molecular flexibility index (Phi) is 11.3. The molecule has 0 aliphatic rings. The van der Waals surface area contributed by atoms with Crippen molar-refractivity contribution in [2.45, 2.75) is 86.6 Å². The van der Waals surface area contributed by atoms with Gasteiger partial charge < -0.3 is 24.7 Å². The molecule has 1 aromatic carbocycles. The number of methoxy groups -OCH3 is 1. The maximum absolute atomic E-state index is 12.9. The number of carbonyl (C=O) groups excluding carboxylic acids is 4. The molecule has 37 heavy (non-hydrogen) atoms. The lowest BCUT2D eigenvalue weighted by atomic mass is 9.88. The Labute approximate surface area is 220 Å². The van der Waals surface area contributed by atoms with Crippen molar-refractivity contribution in [2.24, 2.45) is 22.5 Å². The zero-order valence-electron chi connectivity index (χ0n) is 23.7. The number of hydrogen-bond acceptors (Lipinski definition) is 9. The number of ether oxygens (including phenoxy) is 4. The summed E-state index contributed by atoms with van der Waals surface area (Å²) in [6, 6.07) is 4.67. The summed E-state index contributed by atoms with van der Waals surface area (Å²) in [6.45, 7) is 14.1. The van der Waals surface area contributed by atoms with E-state index >= 15 is 0 Å². The Hall–Kier alpha value is -2.94. The van der Waals surface area contributed by atoms with E-state index in [0.29, 0.717) is 18.4 Å². The first-order valence-corrected chi connectivity index (χ1v) is 12.6. The molecule has 9 heteroatoms. The van der Waals surface area contributed by atoms with Gasteiger partial charge in [0.05, 0.1) is 30.5 Å². The van der Waals surface area contributed by atoms with Crippen LogP contribution in [0.15, 0.2) is 18.2 Å².